The lowest BCUT2D eigenvalue weighted by Gasteiger charge is -2.14. The maximum atomic E-state index is 12.9. The summed E-state index contributed by atoms with van der Waals surface area (Å²) in [5.74, 6) is -2.65. The largest absolute Gasteiger partial charge is 0.482 e. The Morgan fingerprint density at radius 2 is 1.80 bits per heavy atom. The molecule has 3 aromatic rings. The van der Waals surface area contributed by atoms with Crippen molar-refractivity contribution >= 4 is 46.8 Å². The number of nitro benzene ring substituents is 1. The number of halogens is 1. The molecule has 1 saturated heterocycles. The van der Waals surface area contributed by atoms with Gasteiger partial charge in [-0.1, -0.05) is 41.9 Å². The monoisotopic (exact) mass is 493 g/mol. The van der Waals surface area contributed by atoms with Crippen LogP contribution in [0.2, 0.25) is 5.02 Å². The molecule has 35 heavy (non-hydrogen) atoms. The molecule has 1 fully saturated rings. The van der Waals surface area contributed by atoms with E-state index in [4.69, 9.17) is 21.4 Å². The van der Waals surface area contributed by atoms with Crippen molar-refractivity contribution in [1.82, 2.24) is 5.43 Å². The van der Waals surface area contributed by atoms with Crippen LogP contribution in [-0.4, -0.2) is 27.8 Å². The van der Waals surface area contributed by atoms with E-state index in [1.165, 1.54) is 36.4 Å². The number of carboxylic acid groups (broad SMARTS) is 1. The molecule has 1 aliphatic rings. The number of carboxylic acids is 1. The molecule has 0 aliphatic carbocycles. The summed E-state index contributed by atoms with van der Waals surface area (Å²) in [6.07, 6.45) is 1.18. The normalized spacial score (nSPS) is 14.2. The summed E-state index contributed by atoms with van der Waals surface area (Å²) in [5.41, 5.74) is 2.84. The number of amides is 2. The van der Waals surface area contributed by atoms with Crippen LogP contribution in [0.15, 0.2) is 72.3 Å². The Morgan fingerprint density at radius 1 is 1.11 bits per heavy atom. The van der Waals surface area contributed by atoms with Gasteiger partial charge in [-0.2, -0.15) is 0 Å². The molecule has 10 nitrogen and oxygen atoms in total. The van der Waals surface area contributed by atoms with Gasteiger partial charge in [-0.15, -0.1) is 0 Å². The van der Waals surface area contributed by atoms with Crippen molar-refractivity contribution in [1.29, 1.82) is 0 Å². The van der Waals surface area contributed by atoms with E-state index in [1.54, 1.807) is 30.3 Å². The Labute approximate surface area is 203 Å². The van der Waals surface area contributed by atoms with E-state index in [1.807, 2.05) is 0 Å². The average molecular weight is 494 g/mol. The van der Waals surface area contributed by atoms with Crippen LogP contribution in [0.5, 0.6) is 5.75 Å². The SMILES string of the molecule is O=C1NN(c2ccccc2)C(=O)C1=Cc1cc(Cl)cc([N+](=O)[O-])c1OCc1ccc(C(=O)O)cc1. The van der Waals surface area contributed by atoms with Gasteiger partial charge < -0.3 is 9.84 Å². The first-order valence-electron chi connectivity index (χ1n) is 10.1. The number of carbonyl (C=O) groups is 3. The number of nitro groups is 1. The first-order valence-corrected chi connectivity index (χ1v) is 10.5. The number of rotatable bonds is 7. The number of anilines is 1. The molecule has 3 aromatic carbocycles. The molecular weight excluding hydrogens is 478 g/mol. The van der Waals surface area contributed by atoms with Crippen molar-refractivity contribution in [2.45, 2.75) is 6.61 Å². The van der Waals surface area contributed by atoms with Crippen molar-refractivity contribution < 1.29 is 29.2 Å². The zero-order valence-corrected chi connectivity index (χ0v) is 18.6. The molecule has 4 rings (SSSR count). The summed E-state index contributed by atoms with van der Waals surface area (Å²) in [6.45, 7) is -0.144. The topological polar surface area (TPSA) is 139 Å². The molecule has 0 unspecified atom stereocenters. The highest BCUT2D eigenvalue weighted by atomic mass is 35.5. The van der Waals surface area contributed by atoms with E-state index in [0.29, 0.717) is 11.3 Å². The number of aromatic carboxylic acids is 1. The number of nitrogens with one attached hydrogen (secondary N) is 1. The number of hydrogen-bond acceptors (Lipinski definition) is 6. The van der Waals surface area contributed by atoms with Crippen LogP contribution in [0.4, 0.5) is 11.4 Å². The van der Waals surface area contributed by atoms with E-state index < -0.39 is 28.4 Å². The van der Waals surface area contributed by atoms with Gasteiger partial charge in [0.2, 0.25) is 5.75 Å². The lowest BCUT2D eigenvalue weighted by atomic mass is 10.1. The molecule has 0 spiro atoms. The van der Waals surface area contributed by atoms with Crippen molar-refractivity contribution in [3.63, 3.8) is 0 Å². The summed E-state index contributed by atoms with van der Waals surface area (Å²) in [5, 5.41) is 21.8. The predicted molar refractivity (Wildman–Crippen MR) is 126 cm³/mol. The Morgan fingerprint density at radius 3 is 2.43 bits per heavy atom. The minimum atomic E-state index is -1.09. The summed E-state index contributed by atoms with van der Waals surface area (Å²) in [6, 6.07) is 16.6. The Hall–Kier alpha value is -4.70. The maximum Gasteiger partial charge on any atom is 0.335 e. The first-order chi connectivity index (χ1) is 16.7. The van der Waals surface area contributed by atoms with E-state index >= 15 is 0 Å². The minimum Gasteiger partial charge on any atom is -0.482 e. The number of ether oxygens (including phenoxy) is 1. The van der Waals surface area contributed by atoms with E-state index in [9.17, 15) is 24.5 Å². The molecule has 0 bridgehead atoms. The van der Waals surface area contributed by atoms with Crippen molar-refractivity contribution in [2.75, 3.05) is 5.01 Å². The van der Waals surface area contributed by atoms with Gasteiger partial charge in [-0.3, -0.25) is 25.1 Å². The summed E-state index contributed by atoms with van der Waals surface area (Å²) >= 11 is 6.07. The van der Waals surface area contributed by atoms with Gasteiger partial charge in [0.05, 0.1) is 16.2 Å². The third-order valence-corrected chi connectivity index (χ3v) is 5.27. The van der Waals surface area contributed by atoms with E-state index in [-0.39, 0.29) is 34.1 Å². The molecule has 11 heteroatoms. The number of hydrazine groups is 1. The number of carbonyl (C=O) groups excluding carboxylic acids is 2. The molecule has 2 amide bonds. The number of para-hydroxylation sites is 1. The van der Waals surface area contributed by atoms with Gasteiger partial charge in [-0.25, -0.2) is 9.80 Å². The van der Waals surface area contributed by atoms with Gasteiger partial charge in [0.15, 0.2) is 0 Å². The molecule has 0 radical (unpaired) electrons. The zero-order valence-electron chi connectivity index (χ0n) is 17.8. The van der Waals surface area contributed by atoms with Crippen molar-refractivity contribution in [2.24, 2.45) is 0 Å². The number of hydrogen-bond donors (Lipinski definition) is 2. The lowest BCUT2D eigenvalue weighted by Crippen LogP contribution is -2.35. The second kappa shape index (κ2) is 9.65. The average Bonchev–Trinajstić information content (AvgIpc) is 3.12. The highest BCUT2D eigenvalue weighted by molar-refractivity contribution is 6.32. The second-order valence-electron chi connectivity index (χ2n) is 7.37. The standard InChI is InChI=1S/C24H16ClN3O7/c25-17-10-16(11-19-22(29)26-27(23(19)30)18-4-2-1-3-5-18)21(20(12-17)28(33)34)35-13-14-6-8-15(9-7-14)24(31)32/h1-12H,13H2,(H,26,29)(H,31,32). The van der Waals surface area contributed by atoms with Crippen molar-refractivity contribution in [3.05, 3.63) is 104 Å². The summed E-state index contributed by atoms with van der Waals surface area (Å²) in [7, 11) is 0. The zero-order chi connectivity index (χ0) is 25.1. The summed E-state index contributed by atoms with van der Waals surface area (Å²) < 4.78 is 5.71. The van der Waals surface area contributed by atoms with Crippen LogP contribution in [-0.2, 0) is 16.2 Å². The molecule has 1 aliphatic heterocycles. The second-order valence-corrected chi connectivity index (χ2v) is 7.80. The molecular formula is C24H16ClN3O7. The van der Waals surface area contributed by atoms with Crippen LogP contribution >= 0.6 is 11.6 Å². The van der Waals surface area contributed by atoms with Gasteiger partial charge in [0, 0.05) is 16.7 Å². The first kappa shape index (κ1) is 23.5. The molecule has 0 aromatic heterocycles. The van der Waals surface area contributed by atoms with E-state index in [0.717, 1.165) is 11.1 Å². The highest BCUT2D eigenvalue weighted by Crippen LogP contribution is 2.37. The number of benzene rings is 3. The fourth-order valence-electron chi connectivity index (χ4n) is 3.37. The molecule has 0 saturated carbocycles. The maximum absolute atomic E-state index is 12.9. The van der Waals surface area contributed by atoms with Crippen molar-refractivity contribution in [3.8, 4) is 5.75 Å². The van der Waals surface area contributed by atoms with Crippen LogP contribution in [0.25, 0.3) is 6.08 Å². The molecule has 1 heterocycles. The minimum absolute atomic E-state index is 0.00693. The smallest absolute Gasteiger partial charge is 0.335 e. The van der Waals surface area contributed by atoms with Gasteiger partial charge in [0.25, 0.3) is 11.8 Å². The van der Waals surface area contributed by atoms with Crippen LogP contribution in [0.1, 0.15) is 21.5 Å². The Balaban J connectivity index is 1.70. The molecule has 0 atom stereocenters. The van der Waals surface area contributed by atoms with Gasteiger partial charge >= 0.3 is 11.7 Å². The fourth-order valence-corrected chi connectivity index (χ4v) is 3.59. The Bertz CT molecular complexity index is 1370. The Kier molecular flexibility index (Phi) is 6.47. The number of nitrogens with zero attached hydrogens (tertiary/aromatic N) is 2. The van der Waals surface area contributed by atoms with Gasteiger partial charge in [-0.05, 0) is 42.0 Å². The van der Waals surface area contributed by atoms with Crippen LogP contribution in [0.3, 0.4) is 0 Å². The lowest BCUT2D eigenvalue weighted by molar-refractivity contribution is -0.385. The third-order valence-electron chi connectivity index (χ3n) is 5.05. The predicted octanol–water partition coefficient (Wildman–Crippen LogP) is 3.99. The summed E-state index contributed by atoms with van der Waals surface area (Å²) in [4.78, 5) is 47.5. The highest BCUT2D eigenvalue weighted by Gasteiger charge is 2.35. The van der Waals surface area contributed by atoms with Crippen LogP contribution < -0.4 is 15.2 Å². The molecule has 176 valence electrons. The third kappa shape index (κ3) is 4.97. The quantitative estimate of drug-likeness (QED) is 0.219. The van der Waals surface area contributed by atoms with Gasteiger partial charge in [0.1, 0.15) is 12.2 Å². The van der Waals surface area contributed by atoms with Crippen LogP contribution in [0, 0.1) is 10.1 Å². The fraction of sp³-hybridized carbons (Fsp3) is 0.0417. The van der Waals surface area contributed by atoms with E-state index in [2.05, 4.69) is 5.43 Å². The molecule has 2 N–H and O–H groups in total.